The fourth-order valence-corrected chi connectivity index (χ4v) is 13.3. The second kappa shape index (κ2) is 13.5. The van der Waals surface area contributed by atoms with Crippen molar-refractivity contribution in [3.63, 3.8) is 0 Å². The summed E-state index contributed by atoms with van der Waals surface area (Å²) < 4.78 is 20.8. The Morgan fingerprint density at radius 1 is 1.00 bits per heavy atom. The summed E-state index contributed by atoms with van der Waals surface area (Å²) in [5.41, 5.74) is 1.82. The van der Waals surface area contributed by atoms with Crippen LogP contribution in [0.4, 0.5) is 4.39 Å². The molecule has 4 fully saturated rings. The molecule has 288 valence electrons. The van der Waals surface area contributed by atoms with Crippen LogP contribution < -0.4 is 5.32 Å². The number of esters is 1. The Balaban J connectivity index is 1.24. The van der Waals surface area contributed by atoms with Crippen LogP contribution in [0.25, 0.3) is 0 Å². The molecule has 0 amide bonds. The van der Waals surface area contributed by atoms with Gasteiger partial charge in [-0.1, -0.05) is 77.8 Å². The van der Waals surface area contributed by atoms with Gasteiger partial charge >= 0.3 is 11.9 Å². The van der Waals surface area contributed by atoms with Crippen LogP contribution in [0.3, 0.4) is 0 Å². The molecule has 0 radical (unpaired) electrons. The molecule has 6 rings (SSSR count). The highest BCUT2D eigenvalue weighted by Crippen LogP contribution is 2.77. The lowest BCUT2D eigenvalue weighted by molar-refractivity contribution is -0.233. The lowest BCUT2D eigenvalue weighted by Crippen LogP contribution is -2.65. The largest absolute Gasteiger partial charge is 0.481 e. The van der Waals surface area contributed by atoms with Gasteiger partial charge in [0.05, 0.1) is 16.9 Å². The molecular weight excluding hydrogens is 677 g/mol. The van der Waals surface area contributed by atoms with Gasteiger partial charge in [0, 0.05) is 29.4 Å². The third-order valence-electron chi connectivity index (χ3n) is 16.1. The van der Waals surface area contributed by atoms with Crippen LogP contribution in [-0.2, 0) is 25.7 Å². The minimum Gasteiger partial charge on any atom is -0.481 e. The van der Waals surface area contributed by atoms with Crippen molar-refractivity contribution in [1.82, 2.24) is 5.32 Å². The molecule has 4 saturated carbocycles. The topological polar surface area (TPSA) is 92.7 Å². The number of carbonyl (C=O) groups excluding carboxylic acids is 2. The number of allylic oxidation sites excluding steroid dienone is 2. The monoisotopic (exact) mass is 739 g/mol. The molecule has 5 aliphatic rings. The number of aliphatic carboxylic acids is 1. The van der Waals surface area contributed by atoms with Crippen LogP contribution in [0.15, 0.2) is 29.3 Å². The number of ether oxygens (including phenoxy) is 1. The van der Waals surface area contributed by atoms with Crippen molar-refractivity contribution in [1.29, 1.82) is 0 Å². The van der Waals surface area contributed by atoms with Crippen LogP contribution in [-0.4, -0.2) is 35.5 Å². The Morgan fingerprint density at radius 3 is 2.38 bits per heavy atom. The smallest absolute Gasteiger partial charge is 0.309 e. The number of halogens is 2. The molecule has 0 aliphatic heterocycles. The van der Waals surface area contributed by atoms with Crippen LogP contribution in [0.1, 0.15) is 139 Å². The average molecular weight is 740 g/mol. The van der Waals surface area contributed by atoms with Gasteiger partial charge in [0.1, 0.15) is 11.9 Å². The van der Waals surface area contributed by atoms with Crippen LogP contribution in [0.5, 0.6) is 0 Å². The second-order valence-electron chi connectivity index (χ2n) is 19.8. The minimum absolute atomic E-state index is 0.0563. The van der Waals surface area contributed by atoms with Gasteiger partial charge in [0.15, 0.2) is 5.78 Å². The SMILES string of the molecule is CC(C)C1=C2[C@H]3CCC4[C@@]5(C)CC[C@H](OC(=O)CC(C)(C)C(=O)O)C(C)(C)C5CC[C@@]4(C)[C@]3(C)CC[C@@]2(CCNCc2cccc(Cl)c2F)CC1=O. The van der Waals surface area contributed by atoms with E-state index in [0.717, 1.165) is 63.4 Å². The summed E-state index contributed by atoms with van der Waals surface area (Å²) in [6, 6.07) is 5.13. The van der Waals surface area contributed by atoms with E-state index in [9.17, 15) is 23.9 Å². The summed E-state index contributed by atoms with van der Waals surface area (Å²) in [5.74, 6) is 0.000384. The highest BCUT2D eigenvalue weighted by Gasteiger charge is 2.70. The van der Waals surface area contributed by atoms with E-state index in [4.69, 9.17) is 16.3 Å². The Kier molecular flexibility index (Phi) is 10.2. The van der Waals surface area contributed by atoms with Crippen molar-refractivity contribution >= 4 is 29.3 Å². The zero-order valence-electron chi connectivity index (χ0n) is 33.1. The summed E-state index contributed by atoms with van der Waals surface area (Å²) in [6.07, 6.45) is 9.37. The van der Waals surface area contributed by atoms with Gasteiger partial charge in [-0.3, -0.25) is 14.4 Å². The third kappa shape index (κ3) is 6.10. The van der Waals surface area contributed by atoms with Crippen molar-refractivity contribution in [3.05, 3.63) is 45.7 Å². The fraction of sp³-hybridized carbons (Fsp3) is 0.750. The minimum atomic E-state index is -1.16. The van der Waals surface area contributed by atoms with Gasteiger partial charge in [-0.25, -0.2) is 4.39 Å². The van der Waals surface area contributed by atoms with Crippen LogP contribution in [0, 0.1) is 62.0 Å². The van der Waals surface area contributed by atoms with E-state index in [2.05, 4.69) is 53.8 Å². The molecule has 5 aliphatic carbocycles. The first kappa shape index (κ1) is 39.4. The Morgan fingerprint density at radius 2 is 1.71 bits per heavy atom. The molecule has 0 aromatic heterocycles. The summed E-state index contributed by atoms with van der Waals surface area (Å²) in [7, 11) is 0. The van der Waals surface area contributed by atoms with Gasteiger partial charge < -0.3 is 15.2 Å². The molecule has 0 heterocycles. The van der Waals surface area contributed by atoms with E-state index in [1.54, 1.807) is 32.0 Å². The zero-order valence-corrected chi connectivity index (χ0v) is 33.9. The molecule has 8 heteroatoms. The second-order valence-corrected chi connectivity index (χ2v) is 20.2. The van der Waals surface area contributed by atoms with Crippen molar-refractivity contribution in [3.8, 4) is 0 Å². The zero-order chi connectivity index (χ0) is 38.2. The lowest BCUT2D eigenvalue weighted by Gasteiger charge is -2.72. The molecule has 0 saturated heterocycles. The Labute approximate surface area is 316 Å². The first-order valence-electron chi connectivity index (χ1n) is 20.0. The van der Waals surface area contributed by atoms with Gasteiger partial charge in [0.25, 0.3) is 0 Å². The maximum Gasteiger partial charge on any atom is 0.309 e. The molecule has 2 N–H and O–H groups in total. The average Bonchev–Trinajstić information content (AvgIpc) is 3.35. The van der Waals surface area contributed by atoms with E-state index in [-0.39, 0.29) is 56.4 Å². The number of hydrogen-bond acceptors (Lipinski definition) is 5. The fourth-order valence-electron chi connectivity index (χ4n) is 13.1. The van der Waals surface area contributed by atoms with Crippen molar-refractivity contribution in [2.45, 2.75) is 146 Å². The molecule has 8 atom stereocenters. The van der Waals surface area contributed by atoms with E-state index in [1.807, 2.05) is 0 Å². The number of ketones is 1. The lowest BCUT2D eigenvalue weighted by atomic mass is 9.33. The Bertz CT molecular complexity index is 1650. The number of hydrogen-bond donors (Lipinski definition) is 2. The van der Waals surface area contributed by atoms with Gasteiger partial charge in [-0.15, -0.1) is 0 Å². The highest BCUT2D eigenvalue weighted by atomic mass is 35.5. The van der Waals surface area contributed by atoms with Crippen molar-refractivity contribution in [2.24, 2.45) is 56.2 Å². The number of carboxylic acids is 1. The highest BCUT2D eigenvalue weighted by molar-refractivity contribution is 6.30. The number of carbonyl (C=O) groups is 3. The summed E-state index contributed by atoms with van der Waals surface area (Å²) in [4.78, 5) is 38.8. The van der Waals surface area contributed by atoms with Gasteiger partial charge in [0.2, 0.25) is 0 Å². The molecule has 52 heavy (non-hydrogen) atoms. The van der Waals surface area contributed by atoms with E-state index in [1.165, 1.54) is 5.57 Å². The summed E-state index contributed by atoms with van der Waals surface area (Å²) in [5, 5.41) is 13.2. The first-order chi connectivity index (χ1) is 24.1. The molecule has 6 nitrogen and oxygen atoms in total. The van der Waals surface area contributed by atoms with E-state index >= 15 is 0 Å². The quantitative estimate of drug-likeness (QED) is 0.183. The van der Waals surface area contributed by atoms with Crippen molar-refractivity contribution in [2.75, 3.05) is 6.54 Å². The molecule has 1 aromatic carbocycles. The molecule has 1 aromatic rings. The van der Waals surface area contributed by atoms with Gasteiger partial charge in [-0.05, 0) is 130 Å². The maximum atomic E-state index is 14.6. The number of nitrogens with one attached hydrogen (secondary N) is 1. The predicted octanol–water partition coefficient (Wildman–Crippen LogP) is 10.4. The molecular formula is C44H63ClFNO5. The van der Waals surface area contributed by atoms with E-state index in [0.29, 0.717) is 48.6 Å². The number of Topliss-reactive ketones (excluding diaryl/α,β-unsaturated/α-hetero) is 1. The number of rotatable bonds is 10. The molecule has 0 bridgehead atoms. The van der Waals surface area contributed by atoms with Crippen molar-refractivity contribution < 1.29 is 28.6 Å². The number of benzene rings is 1. The third-order valence-corrected chi connectivity index (χ3v) is 16.4. The standard InChI is InChI=1S/C44H63ClFNO5/c1-26(2)35-30(48)23-44(21-22-47-25-27-11-10-12-29(45)37(27)46)20-19-42(8)28(36(35)44)13-14-32-41(7)17-16-33(52-34(49)24-39(3,4)38(50)51)40(5,6)31(41)15-18-43(32,42)9/h10-12,26,28,31-33,47H,13-25H2,1-9H3,(H,50,51)/t28-,31?,32?,33+,41+,42-,43-,44-/m1/s1. The number of carboxylic acid groups (broad SMARTS) is 1. The normalized spacial score (nSPS) is 36.9. The molecule has 0 spiro atoms. The summed E-state index contributed by atoms with van der Waals surface area (Å²) >= 11 is 6.05. The van der Waals surface area contributed by atoms with Gasteiger partial charge in [-0.2, -0.15) is 0 Å². The Hall–Kier alpha value is -2.25. The van der Waals surface area contributed by atoms with Crippen LogP contribution in [0.2, 0.25) is 5.02 Å². The predicted molar refractivity (Wildman–Crippen MR) is 203 cm³/mol. The first-order valence-corrected chi connectivity index (χ1v) is 20.4. The van der Waals surface area contributed by atoms with E-state index < -0.39 is 17.4 Å². The summed E-state index contributed by atoms with van der Waals surface area (Å²) in [6.45, 7) is 20.9. The van der Waals surface area contributed by atoms with Crippen LogP contribution >= 0.6 is 11.6 Å². The molecule has 2 unspecified atom stereocenters. The number of fused-ring (bicyclic) bond motifs is 7. The maximum absolute atomic E-state index is 14.6.